The summed E-state index contributed by atoms with van der Waals surface area (Å²) < 4.78 is 10.6. The molecule has 0 saturated carbocycles. The average Bonchev–Trinajstić information content (AvgIpc) is 2.89. The molecular weight excluding hydrogens is 204 g/mol. The van der Waals surface area contributed by atoms with Crippen molar-refractivity contribution in [3.05, 3.63) is 23.7 Å². The van der Waals surface area contributed by atoms with E-state index in [4.69, 9.17) is 14.9 Å². The predicted octanol–water partition coefficient (Wildman–Crippen LogP) is 1.21. The lowest BCUT2D eigenvalue weighted by Gasteiger charge is -2.13. The molecule has 1 aromatic rings. The summed E-state index contributed by atoms with van der Waals surface area (Å²) in [5, 5.41) is 0. The third kappa shape index (κ3) is 2.84. The van der Waals surface area contributed by atoms with E-state index >= 15 is 0 Å². The molecule has 2 heterocycles. The van der Waals surface area contributed by atoms with E-state index in [1.54, 1.807) is 13.4 Å². The van der Waals surface area contributed by atoms with Gasteiger partial charge in [0.25, 0.3) is 0 Å². The van der Waals surface area contributed by atoms with Gasteiger partial charge in [-0.1, -0.05) is 0 Å². The van der Waals surface area contributed by atoms with Gasteiger partial charge in [0, 0.05) is 25.8 Å². The minimum absolute atomic E-state index is 0.551. The predicted molar refractivity (Wildman–Crippen MR) is 61.9 cm³/mol. The molecule has 0 aromatic carbocycles. The van der Waals surface area contributed by atoms with E-state index in [0.29, 0.717) is 12.5 Å². The highest BCUT2D eigenvalue weighted by atomic mass is 16.5. The van der Waals surface area contributed by atoms with Gasteiger partial charge in [0.1, 0.15) is 5.76 Å². The maximum absolute atomic E-state index is 5.54. The van der Waals surface area contributed by atoms with Crippen LogP contribution in [0, 0.1) is 5.92 Å². The molecule has 90 valence electrons. The summed E-state index contributed by atoms with van der Waals surface area (Å²) in [6.07, 6.45) is 2.97. The molecule has 16 heavy (non-hydrogen) atoms. The van der Waals surface area contributed by atoms with Crippen molar-refractivity contribution >= 4 is 0 Å². The quantitative estimate of drug-likeness (QED) is 0.816. The lowest BCUT2D eigenvalue weighted by molar-refractivity contribution is 0.151. The smallest absolute Gasteiger partial charge is 0.118 e. The molecule has 0 amide bonds. The molecule has 1 aliphatic rings. The molecule has 1 aromatic heterocycles. The number of furan rings is 1. The Labute approximate surface area is 96.4 Å². The molecule has 1 fully saturated rings. The monoisotopic (exact) mass is 224 g/mol. The van der Waals surface area contributed by atoms with Gasteiger partial charge in [0.15, 0.2) is 0 Å². The van der Waals surface area contributed by atoms with Crippen molar-refractivity contribution in [2.75, 3.05) is 26.8 Å². The fourth-order valence-corrected chi connectivity index (χ4v) is 2.26. The second kappa shape index (κ2) is 5.48. The van der Waals surface area contributed by atoms with Gasteiger partial charge in [-0.3, -0.25) is 4.90 Å². The van der Waals surface area contributed by atoms with Crippen molar-refractivity contribution in [3.8, 4) is 0 Å². The van der Waals surface area contributed by atoms with Gasteiger partial charge in [0.05, 0.1) is 19.4 Å². The minimum atomic E-state index is 0.551. The van der Waals surface area contributed by atoms with Crippen LogP contribution in [-0.4, -0.2) is 31.7 Å². The summed E-state index contributed by atoms with van der Waals surface area (Å²) in [7, 11) is 1.77. The zero-order valence-electron chi connectivity index (χ0n) is 9.82. The molecule has 2 N–H and O–H groups in total. The molecule has 1 saturated heterocycles. The number of hydrogen-bond acceptors (Lipinski definition) is 4. The average molecular weight is 224 g/mol. The number of ether oxygens (including phenoxy) is 1. The van der Waals surface area contributed by atoms with Crippen LogP contribution in [0.4, 0.5) is 0 Å². The fraction of sp³-hybridized carbons (Fsp3) is 0.667. The SMILES string of the molecule is COCC1CCN(Cc2cc(CN)co2)C1. The molecule has 1 atom stereocenters. The summed E-state index contributed by atoms with van der Waals surface area (Å²) in [6.45, 7) is 4.54. The first kappa shape index (κ1) is 11.6. The Bertz CT molecular complexity index is 325. The van der Waals surface area contributed by atoms with Gasteiger partial charge in [0.2, 0.25) is 0 Å². The normalized spacial score (nSPS) is 21.8. The molecule has 4 heteroatoms. The van der Waals surface area contributed by atoms with E-state index in [2.05, 4.69) is 4.90 Å². The lowest BCUT2D eigenvalue weighted by atomic mass is 10.1. The highest BCUT2D eigenvalue weighted by molar-refractivity contribution is 5.12. The summed E-state index contributed by atoms with van der Waals surface area (Å²) >= 11 is 0. The van der Waals surface area contributed by atoms with Crippen molar-refractivity contribution in [3.63, 3.8) is 0 Å². The summed E-state index contributed by atoms with van der Waals surface area (Å²) in [5.74, 6) is 1.69. The second-order valence-electron chi connectivity index (χ2n) is 4.47. The van der Waals surface area contributed by atoms with Crippen LogP contribution in [-0.2, 0) is 17.8 Å². The molecule has 0 bridgehead atoms. The molecule has 4 nitrogen and oxygen atoms in total. The third-order valence-electron chi connectivity index (χ3n) is 3.10. The Hall–Kier alpha value is -0.840. The van der Waals surface area contributed by atoms with Gasteiger partial charge in [-0.05, 0) is 24.9 Å². The largest absolute Gasteiger partial charge is 0.468 e. The van der Waals surface area contributed by atoms with Crippen molar-refractivity contribution in [2.24, 2.45) is 11.7 Å². The molecular formula is C12H20N2O2. The topological polar surface area (TPSA) is 51.6 Å². The molecule has 0 aliphatic carbocycles. The van der Waals surface area contributed by atoms with Crippen molar-refractivity contribution < 1.29 is 9.15 Å². The number of nitrogens with two attached hydrogens (primary N) is 1. The van der Waals surface area contributed by atoms with E-state index in [-0.39, 0.29) is 0 Å². The van der Waals surface area contributed by atoms with E-state index in [1.807, 2.05) is 6.07 Å². The van der Waals surface area contributed by atoms with E-state index in [9.17, 15) is 0 Å². The van der Waals surface area contributed by atoms with Crippen LogP contribution in [0.5, 0.6) is 0 Å². The second-order valence-corrected chi connectivity index (χ2v) is 4.47. The number of likely N-dealkylation sites (tertiary alicyclic amines) is 1. The molecule has 2 rings (SSSR count). The van der Waals surface area contributed by atoms with E-state index < -0.39 is 0 Å². The Morgan fingerprint density at radius 1 is 1.62 bits per heavy atom. The summed E-state index contributed by atoms with van der Waals surface area (Å²) in [6, 6.07) is 2.05. The van der Waals surface area contributed by atoms with Crippen LogP contribution in [0.15, 0.2) is 16.7 Å². The van der Waals surface area contributed by atoms with Crippen molar-refractivity contribution in [2.45, 2.75) is 19.5 Å². The van der Waals surface area contributed by atoms with Crippen LogP contribution in [0.25, 0.3) is 0 Å². The standard InChI is InChI=1S/C12H20N2O2/c1-15-8-10-2-3-14(6-10)7-12-4-11(5-13)9-16-12/h4,9-10H,2-3,5-8,13H2,1H3. The van der Waals surface area contributed by atoms with Gasteiger partial charge in [-0.2, -0.15) is 0 Å². The number of nitrogens with zero attached hydrogens (tertiary/aromatic N) is 1. The highest BCUT2D eigenvalue weighted by Gasteiger charge is 2.22. The molecule has 1 aliphatic heterocycles. The Balaban J connectivity index is 1.82. The van der Waals surface area contributed by atoms with Crippen molar-refractivity contribution in [1.29, 1.82) is 0 Å². The number of hydrogen-bond donors (Lipinski definition) is 1. The first-order valence-electron chi connectivity index (χ1n) is 5.79. The summed E-state index contributed by atoms with van der Waals surface area (Å²) in [5.41, 5.74) is 6.61. The highest BCUT2D eigenvalue weighted by Crippen LogP contribution is 2.19. The van der Waals surface area contributed by atoms with Crippen LogP contribution >= 0.6 is 0 Å². The van der Waals surface area contributed by atoms with Crippen LogP contribution in [0.1, 0.15) is 17.7 Å². The third-order valence-corrected chi connectivity index (χ3v) is 3.10. The Morgan fingerprint density at radius 2 is 2.50 bits per heavy atom. The van der Waals surface area contributed by atoms with Crippen LogP contribution in [0.3, 0.4) is 0 Å². The van der Waals surface area contributed by atoms with E-state index in [0.717, 1.165) is 37.6 Å². The van der Waals surface area contributed by atoms with Crippen molar-refractivity contribution in [1.82, 2.24) is 4.90 Å². The minimum Gasteiger partial charge on any atom is -0.468 e. The zero-order chi connectivity index (χ0) is 11.4. The molecule has 0 spiro atoms. The number of rotatable bonds is 5. The van der Waals surface area contributed by atoms with Crippen LogP contribution in [0.2, 0.25) is 0 Å². The molecule has 0 radical (unpaired) electrons. The zero-order valence-corrected chi connectivity index (χ0v) is 9.82. The van der Waals surface area contributed by atoms with E-state index in [1.165, 1.54) is 6.42 Å². The van der Waals surface area contributed by atoms with Gasteiger partial charge in [-0.15, -0.1) is 0 Å². The number of methoxy groups -OCH3 is 1. The summed E-state index contributed by atoms with van der Waals surface area (Å²) in [4.78, 5) is 2.41. The lowest BCUT2D eigenvalue weighted by Crippen LogP contribution is -2.21. The Kier molecular flexibility index (Phi) is 3.98. The first-order valence-corrected chi connectivity index (χ1v) is 5.79. The van der Waals surface area contributed by atoms with Gasteiger partial charge < -0.3 is 14.9 Å². The molecule has 1 unspecified atom stereocenters. The Morgan fingerprint density at radius 3 is 3.19 bits per heavy atom. The van der Waals surface area contributed by atoms with Gasteiger partial charge in [-0.25, -0.2) is 0 Å². The maximum Gasteiger partial charge on any atom is 0.118 e. The first-order chi connectivity index (χ1) is 7.81. The van der Waals surface area contributed by atoms with Gasteiger partial charge >= 0.3 is 0 Å². The maximum atomic E-state index is 5.54. The van der Waals surface area contributed by atoms with Crippen LogP contribution < -0.4 is 5.73 Å². The fourth-order valence-electron chi connectivity index (χ4n) is 2.26.